The molecule has 6 aliphatic carbocycles. The van der Waals surface area contributed by atoms with Gasteiger partial charge < -0.3 is 33.9 Å². The summed E-state index contributed by atoms with van der Waals surface area (Å²) in [4.78, 5) is 128. The second kappa shape index (κ2) is 33.0. The van der Waals surface area contributed by atoms with Crippen LogP contribution >= 0.6 is 23.2 Å². The average molecular weight is 1590 g/mol. The Morgan fingerprint density at radius 3 is 1.45 bits per heavy atom. The molecule has 14 rings (SSSR count). The maximum Gasteiger partial charge on any atom is 0.446 e. The lowest BCUT2D eigenvalue weighted by atomic mass is 9.77. The number of Topliss-reactive ketones (excluding diaryl/α,β-unsaturated/α-hetero) is 1. The maximum absolute atomic E-state index is 14.9. The number of halogens is 7. The first-order valence-electron chi connectivity index (χ1n) is 37.7. The van der Waals surface area contributed by atoms with Gasteiger partial charge >= 0.3 is 24.1 Å². The topological polar surface area (TPSA) is 298 Å². The van der Waals surface area contributed by atoms with E-state index >= 15 is 0 Å². The van der Waals surface area contributed by atoms with E-state index < -0.39 is 140 Å². The lowest BCUT2D eigenvalue weighted by Crippen LogP contribution is -2.50. The number of aldehydes is 1. The highest BCUT2D eigenvalue weighted by molar-refractivity contribution is 7.91. The van der Waals surface area contributed by atoms with Gasteiger partial charge in [-0.25, -0.2) is 41.9 Å². The summed E-state index contributed by atoms with van der Waals surface area (Å²) in [5.74, 6) is -5.50. The van der Waals surface area contributed by atoms with E-state index in [4.69, 9.17) is 66.9 Å². The largest absolute Gasteiger partial charge is 0.480 e. The van der Waals surface area contributed by atoms with Crippen LogP contribution in [0.25, 0.3) is 22.1 Å². The molecule has 0 unspecified atom stereocenters. The van der Waals surface area contributed by atoms with Crippen molar-refractivity contribution in [3.05, 3.63) is 57.8 Å². The number of hydrogen-bond donors (Lipinski definition) is 2. The first-order valence-corrected chi connectivity index (χ1v) is 40.0. The molecule has 0 radical (unpaired) electrons. The van der Waals surface area contributed by atoms with Gasteiger partial charge in [0, 0.05) is 34.2 Å². The molecular formula is C79H104Cl2F5N7O15S. The number of benzene rings is 2. The molecule has 109 heavy (non-hydrogen) atoms. The molecule has 18 atom stereocenters. The molecule has 10 aliphatic rings. The molecule has 6 saturated carbocycles. The number of carbonyl (C=O) groups excluding carboxylic acids is 7. The fourth-order valence-corrected chi connectivity index (χ4v) is 19.5. The molecule has 0 spiro atoms. The lowest BCUT2D eigenvalue weighted by molar-refractivity contribution is -0.160. The number of ketones is 1. The van der Waals surface area contributed by atoms with E-state index in [0.717, 1.165) is 81.8 Å². The third-order valence-electron chi connectivity index (χ3n) is 24.3. The average Bonchev–Trinajstić information content (AvgIpc) is 1.56. The van der Waals surface area contributed by atoms with Gasteiger partial charge in [-0.1, -0.05) is 119 Å². The monoisotopic (exact) mass is 1590 g/mol. The van der Waals surface area contributed by atoms with E-state index in [-0.39, 0.29) is 83.1 Å². The first kappa shape index (κ1) is 84.5. The molecule has 600 valence electrons. The minimum absolute atomic E-state index is 0. The summed E-state index contributed by atoms with van der Waals surface area (Å²) in [7, 11) is -4.09. The van der Waals surface area contributed by atoms with Crippen LogP contribution in [-0.4, -0.2) is 158 Å². The quantitative estimate of drug-likeness (QED) is 0.0941. The predicted molar refractivity (Wildman–Crippen MR) is 395 cm³/mol. The molecule has 2 aromatic carbocycles. The van der Waals surface area contributed by atoms with Crippen LogP contribution in [0.5, 0.6) is 11.8 Å². The Morgan fingerprint density at radius 1 is 0.624 bits per heavy atom. The van der Waals surface area contributed by atoms with Gasteiger partial charge in [0.1, 0.15) is 41.8 Å². The lowest BCUT2D eigenvalue weighted by Gasteiger charge is -2.35. The van der Waals surface area contributed by atoms with Crippen molar-refractivity contribution in [3.8, 4) is 11.8 Å². The van der Waals surface area contributed by atoms with Gasteiger partial charge in [-0.05, 0) is 166 Å². The summed E-state index contributed by atoms with van der Waals surface area (Å²) in [5, 5.41) is 10.5. The highest BCUT2D eigenvalue weighted by Crippen LogP contribution is 2.61. The van der Waals surface area contributed by atoms with Gasteiger partial charge in [0.2, 0.25) is 52.2 Å². The predicted octanol–water partition coefficient (Wildman–Crippen LogP) is 14.2. The van der Waals surface area contributed by atoms with Crippen LogP contribution in [-0.2, 0) is 70.7 Å². The van der Waals surface area contributed by atoms with Crippen LogP contribution in [0.4, 0.5) is 22.0 Å². The van der Waals surface area contributed by atoms with Crippen molar-refractivity contribution in [2.24, 2.45) is 81.3 Å². The zero-order chi connectivity index (χ0) is 77.3. The van der Waals surface area contributed by atoms with Gasteiger partial charge in [0.25, 0.3) is 0 Å². The summed E-state index contributed by atoms with van der Waals surface area (Å²) in [6.45, 7) is 14.7. The number of alkyl halides is 5. The number of ether oxygens (including phenoxy) is 4. The molecule has 6 heterocycles. The molecule has 2 saturated heterocycles. The maximum atomic E-state index is 14.9. The molecule has 8 fully saturated rings. The number of fused-ring (bicyclic) bond motifs is 14. The number of aromatic nitrogens is 4. The number of nitrogens with one attached hydrogen (secondary N) is 1. The number of rotatable bonds is 8. The summed E-state index contributed by atoms with van der Waals surface area (Å²) in [6, 6.07) is 8.22. The zero-order valence-corrected chi connectivity index (χ0v) is 63.8. The van der Waals surface area contributed by atoms with Gasteiger partial charge in [-0.3, -0.25) is 38.3 Å². The number of hydrogen-bond acceptors (Lipinski definition) is 18. The molecule has 2 aromatic heterocycles. The van der Waals surface area contributed by atoms with Crippen molar-refractivity contribution >= 4 is 103 Å². The Hall–Kier alpha value is -6.94. The van der Waals surface area contributed by atoms with Crippen LogP contribution in [0.1, 0.15) is 197 Å². The zero-order valence-electron chi connectivity index (χ0n) is 61.5. The number of aryl methyl sites for hydroxylation is 2. The molecule has 4 aromatic rings. The standard InChI is InChI=1S/C42H53ClF2N4O8S.C33H42ClN3O6.C2HF3O.2CH4/c1-21-34-20-49(36(21)32(50)19-42(18-28(42)37(44)45)40(53)48-58(54,55)24-11-12-24)39(52)27(41(2,3)4)17-35(51)56-33-15-22-14-26(22)25(33)8-6-5-7-9-30-38(57-34)47-31-16-23(43)10-13-29(31)46-30;1-17-27-16-37(29(17)32(40)41)31(39)22(33(2,3)4)15-28(38)42-26-13-18-12-21(18)20(26)8-6-5-7-9-24-30(43-27)36-25-14-19(34)10-11-23(25)35-24;3-2(4,5)1-6;;/h10,13,16,21-22,24-28,33-34,36-37H,5-9,11-12,14-15,17-20H2,1-4H3,(H,48,53);10-11,14,17-18,20-22,26-27,29H,5-9,12-13,15-16H2,1-4H3,(H,40,41);1H;2*1H4/t21-,22+,25-,26+,27-,28+,33-,34+,36+,42-;17-,18+,20-,21+,22-,26-,27+,29+;;;/m11.../s1. The summed E-state index contributed by atoms with van der Waals surface area (Å²) < 4.78 is 113. The number of nitrogens with zero attached hydrogens (tertiary/aromatic N) is 6. The number of carboxylic acids is 1. The smallest absolute Gasteiger partial charge is 0.446 e. The number of aliphatic carboxylic acids is 1. The summed E-state index contributed by atoms with van der Waals surface area (Å²) in [6.07, 6.45) is 1.68. The van der Waals surface area contributed by atoms with E-state index in [1.807, 2.05) is 52.3 Å². The number of sulfonamides is 1. The van der Waals surface area contributed by atoms with Crippen molar-refractivity contribution in [1.82, 2.24) is 34.5 Å². The minimum atomic E-state index is -4.64. The third kappa shape index (κ3) is 19.1. The number of carboxylic acid groups (broad SMARTS) is 1. The van der Waals surface area contributed by atoms with Crippen LogP contribution in [0.2, 0.25) is 10.0 Å². The fraction of sp³-hybridized carbons (Fsp3) is 0.696. The van der Waals surface area contributed by atoms with Gasteiger partial charge in [0.15, 0.2) is 5.78 Å². The Bertz CT molecular complexity index is 4220. The van der Waals surface area contributed by atoms with E-state index in [1.54, 1.807) is 44.2 Å². The highest BCUT2D eigenvalue weighted by Gasteiger charge is 2.67. The highest BCUT2D eigenvalue weighted by atomic mass is 35.5. The Balaban J connectivity index is 0.000000220. The summed E-state index contributed by atoms with van der Waals surface area (Å²) in [5.41, 5.74) is 0.465. The minimum Gasteiger partial charge on any atom is -0.480 e. The van der Waals surface area contributed by atoms with E-state index in [9.17, 15) is 69.0 Å². The van der Waals surface area contributed by atoms with E-state index in [1.165, 1.54) is 16.2 Å². The second-order valence-electron chi connectivity index (χ2n) is 33.9. The molecule has 2 N–H and O–H groups in total. The molecular weight excluding hydrogens is 1480 g/mol. The van der Waals surface area contributed by atoms with Crippen molar-refractivity contribution in [2.75, 3.05) is 13.1 Å². The third-order valence-corrected chi connectivity index (χ3v) is 26.6. The fourth-order valence-electron chi connectivity index (χ4n) is 17.8. The van der Waals surface area contributed by atoms with Crippen LogP contribution in [0.15, 0.2) is 36.4 Å². The molecule has 4 bridgehead atoms. The van der Waals surface area contributed by atoms with Crippen LogP contribution in [0.3, 0.4) is 0 Å². The van der Waals surface area contributed by atoms with Crippen molar-refractivity contribution < 1.29 is 92.8 Å². The van der Waals surface area contributed by atoms with Gasteiger partial charge in [0.05, 0.1) is 76.5 Å². The van der Waals surface area contributed by atoms with Crippen molar-refractivity contribution in [1.29, 1.82) is 0 Å². The SMILES string of the molecule is C.C.C[C@@H]1[C@@H]2CN(C(=O)[C@H](C(C)(C)C)CC(=O)O[C@@H]3C[C@@H]4C[C@@H]4[C@H]3CCCCCc3nc4ccc(Cl)cc4nc3O2)[C@@H]1C(=O)C[C@]1(C(=O)NS(=O)(=O)C2CC2)C[C@H]1C(F)F.C[C@@H]1[C@@H]2CN(C(=O)[C@H](C(C)(C)C)CC(=O)O[C@@H]3C[C@@H]4C[C@@H]4[C@H]3CCCCCc3nc4ccc(Cl)cc4nc3O2)[C@@H]1C(=O)O.O=CC(F)(F)F. The Labute approximate surface area is 643 Å². The van der Waals surface area contributed by atoms with Crippen LogP contribution in [0, 0.1) is 81.3 Å². The number of carbonyl (C=O) groups is 8. The normalized spacial score (nSPS) is 32.1. The first-order chi connectivity index (χ1) is 50.3. The van der Waals surface area contributed by atoms with Crippen LogP contribution < -0.4 is 14.2 Å². The van der Waals surface area contributed by atoms with Crippen molar-refractivity contribution in [3.63, 3.8) is 0 Å². The number of amides is 3. The van der Waals surface area contributed by atoms with E-state index in [0.29, 0.717) is 93.4 Å². The molecule has 4 aliphatic heterocycles. The summed E-state index contributed by atoms with van der Waals surface area (Å²) >= 11 is 12.6. The van der Waals surface area contributed by atoms with E-state index in [2.05, 4.69) is 0 Å². The number of esters is 2. The molecule has 22 nitrogen and oxygen atoms in total. The molecule has 30 heteroatoms. The Kier molecular flexibility index (Phi) is 25.6. The molecule has 3 amide bonds. The van der Waals surface area contributed by atoms with Gasteiger partial charge in [-0.15, -0.1) is 0 Å². The Morgan fingerprint density at radius 2 is 1.06 bits per heavy atom. The van der Waals surface area contributed by atoms with Gasteiger partial charge in [-0.2, -0.15) is 13.2 Å². The van der Waals surface area contributed by atoms with Crippen molar-refractivity contribution in [2.45, 2.75) is 253 Å². The second-order valence-corrected chi connectivity index (χ2v) is 36.7.